The van der Waals surface area contributed by atoms with Crippen molar-refractivity contribution in [2.45, 2.75) is 6.61 Å². The maximum Gasteiger partial charge on any atom is 0.384 e. The van der Waals surface area contributed by atoms with Crippen molar-refractivity contribution in [3.63, 3.8) is 0 Å². The van der Waals surface area contributed by atoms with Gasteiger partial charge in [0.15, 0.2) is 0 Å². The number of aliphatic hydroxyl groups is 1. The molecule has 3 nitrogen and oxygen atoms in total. The Morgan fingerprint density at radius 1 is 1.60 bits per heavy atom. The quantitative estimate of drug-likeness (QED) is 0.549. The van der Waals surface area contributed by atoms with E-state index in [9.17, 15) is 9.18 Å². The molecule has 1 N–H and O–H groups in total. The number of aliphatic hydroxyl groups excluding tert-OH is 1. The van der Waals surface area contributed by atoms with Gasteiger partial charge in [0, 0.05) is 11.5 Å². The topological polar surface area (TPSA) is 46.5 Å². The zero-order chi connectivity index (χ0) is 11.3. The monoisotopic (exact) mass is 208 g/mol. The van der Waals surface area contributed by atoms with Crippen LogP contribution in [0.5, 0.6) is 0 Å². The molecule has 0 heterocycles. The van der Waals surface area contributed by atoms with Crippen molar-refractivity contribution in [1.82, 2.24) is 0 Å². The van der Waals surface area contributed by atoms with E-state index in [2.05, 4.69) is 16.6 Å². The summed E-state index contributed by atoms with van der Waals surface area (Å²) >= 11 is 0. The largest absolute Gasteiger partial charge is 0.459 e. The third kappa shape index (κ3) is 2.79. The summed E-state index contributed by atoms with van der Waals surface area (Å²) in [6.07, 6.45) is 0. The van der Waals surface area contributed by atoms with E-state index in [1.54, 1.807) is 6.07 Å². The van der Waals surface area contributed by atoms with Crippen molar-refractivity contribution < 1.29 is 19.0 Å². The minimum atomic E-state index is -0.733. The van der Waals surface area contributed by atoms with Crippen molar-refractivity contribution in [3.05, 3.63) is 35.1 Å². The molecule has 0 atom stereocenters. The summed E-state index contributed by atoms with van der Waals surface area (Å²) in [6, 6.07) is 4.42. The first-order valence-electron chi connectivity index (χ1n) is 4.17. The van der Waals surface area contributed by atoms with E-state index in [4.69, 9.17) is 5.11 Å². The van der Waals surface area contributed by atoms with Gasteiger partial charge in [0.2, 0.25) is 0 Å². The molecular formula is C11H9FO3. The molecule has 4 heteroatoms. The number of benzene rings is 1. The summed E-state index contributed by atoms with van der Waals surface area (Å²) in [7, 11) is 1.19. The number of carbonyl (C=O) groups is 1. The van der Waals surface area contributed by atoms with Gasteiger partial charge in [-0.25, -0.2) is 9.18 Å². The van der Waals surface area contributed by atoms with Crippen LogP contribution in [-0.4, -0.2) is 18.2 Å². The van der Waals surface area contributed by atoms with Gasteiger partial charge in [-0.15, -0.1) is 0 Å². The van der Waals surface area contributed by atoms with E-state index < -0.39 is 18.4 Å². The average molecular weight is 208 g/mol. The van der Waals surface area contributed by atoms with Gasteiger partial charge in [-0.1, -0.05) is 18.1 Å². The Kier molecular flexibility index (Phi) is 3.83. The summed E-state index contributed by atoms with van der Waals surface area (Å²) in [5, 5.41) is 8.79. The van der Waals surface area contributed by atoms with Crippen molar-refractivity contribution >= 4 is 5.97 Å². The summed E-state index contributed by atoms with van der Waals surface area (Å²) in [4.78, 5) is 10.7. The number of halogens is 1. The third-order valence-electron chi connectivity index (χ3n) is 1.73. The molecule has 0 radical (unpaired) electrons. The molecule has 1 aromatic rings. The lowest BCUT2D eigenvalue weighted by molar-refractivity contribution is -0.133. The molecule has 78 valence electrons. The van der Waals surface area contributed by atoms with Crippen LogP contribution < -0.4 is 0 Å². The van der Waals surface area contributed by atoms with Gasteiger partial charge in [0.1, 0.15) is 5.82 Å². The highest BCUT2D eigenvalue weighted by molar-refractivity contribution is 5.89. The van der Waals surface area contributed by atoms with Crippen molar-refractivity contribution in [3.8, 4) is 11.8 Å². The second kappa shape index (κ2) is 5.13. The molecule has 0 fully saturated rings. The number of esters is 1. The van der Waals surface area contributed by atoms with Crippen LogP contribution >= 0.6 is 0 Å². The summed E-state index contributed by atoms with van der Waals surface area (Å²) in [5.41, 5.74) is 0.207. The second-order valence-corrected chi connectivity index (χ2v) is 2.68. The van der Waals surface area contributed by atoms with Crippen molar-refractivity contribution in [2.75, 3.05) is 7.11 Å². The third-order valence-corrected chi connectivity index (χ3v) is 1.73. The van der Waals surface area contributed by atoms with E-state index in [0.29, 0.717) is 0 Å². The van der Waals surface area contributed by atoms with Crippen LogP contribution in [0.1, 0.15) is 11.1 Å². The van der Waals surface area contributed by atoms with Crippen molar-refractivity contribution in [2.24, 2.45) is 0 Å². The Morgan fingerprint density at radius 3 is 2.93 bits per heavy atom. The molecule has 0 aliphatic rings. The highest BCUT2D eigenvalue weighted by Gasteiger charge is 2.04. The molecular weight excluding hydrogens is 199 g/mol. The molecule has 15 heavy (non-hydrogen) atoms. The fourth-order valence-electron chi connectivity index (χ4n) is 0.968. The highest BCUT2D eigenvalue weighted by Crippen LogP contribution is 2.11. The van der Waals surface area contributed by atoms with Crippen LogP contribution in [0.2, 0.25) is 0 Å². The minimum absolute atomic E-state index is 0.0620. The molecule has 0 unspecified atom stereocenters. The smallest absolute Gasteiger partial charge is 0.384 e. The van der Waals surface area contributed by atoms with Crippen LogP contribution in [0.4, 0.5) is 4.39 Å². The Hall–Kier alpha value is -1.86. The zero-order valence-electron chi connectivity index (χ0n) is 8.08. The van der Waals surface area contributed by atoms with Gasteiger partial charge in [0.05, 0.1) is 19.3 Å². The summed E-state index contributed by atoms with van der Waals surface area (Å²) in [5.74, 6) is 3.09. The SMILES string of the molecule is COC(=O)C#Cc1cccc(CO)c1F. The number of rotatable bonds is 1. The van der Waals surface area contributed by atoms with E-state index >= 15 is 0 Å². The normalized spacial score (nSPS) is 9.00. The van der Waals surface area contributed by atoms with E-state index in [0.717, 1.165) is 0 Å². The highest BCUT2D eigenvalue weighted by atomic mass is 19.1. The first-order chi connectivity index (χ1) is 7.19. The molecule has 0 amide bonds. The average Bonchev–Trinajstić information content (AvgIpc) is 2.27. The van der Waals surface area contributed by atoms with Crippen molar-refractivity contribution in [1.29, 1.82) is 0 Å². The second-order valence-electron chi connectivity index (χ2n) is 2.68. The fraction of sp³-hybridized carbons (Fsp3) is 0.182. The first kappa shape index (κ1) is 11.2. The fourth-order valence-corrected chi connectivity index (χ4v) is 0.968. The Bertz CT molecular complexity index is 429. The number of ether oxygens (including phenoxy) is 1. The Labute approximate surface area is 86.5 Å². The lowest BCUT2D eigenvalue weighted by Crippen LogP contribution is -1.96. The van der Waals surface area contributed by atoms with Crippen LogP contribution in [-0.2, 0) is 16.1 Å². The standard InChI is InChI=1S/C11H9FO3/c1-15-10(14)6-5-8-3-2-4-9(7-13)11(8)12/h2-4,13H,7H2,1H3. The summed E-state index contributed by atoms with van der Waals surface area (Å²) in [6.45, 7) is -0.403. The molecule has 0 aliphatic carbocycles. The lowest BCUT2D eigenvalue weighted by atomic mass is 10.1. The van der Waals surface area contributed by atoms with E-state index in [1.807, 2.05) is 0 Å². The molecule has 0 spiro atoms. The van der Waals surface area contributed by atoms with Crippen LogP contribution in [0.15, 0.2) is 18.2 Å². The maximum atomic E-state index is 13.4. The van der Waals surface area contributed by atoms with Gasteiger partial charge >= 0.3 is 5.97 Å². The van der Waals surface area contributed by atoms with E-state index in [1.165, 1.54) is 19.2 Å². The Balaban J connectivity index is 3.04. The van der Waals surface area contributed by atoms with Crippen LogP contribution in [0, 0.1) is 17.7 Å². The van der Waals surface area contributed by atoms with Crippen LogP contribution in [0.25, 0.3) is 0 Å². The molecule has 1 rings (SSSR count). The molecule has 0 aliphatic heterocycles. The maximum absolute atomic E-state index is 13.4. The Morgan fingerprint density at radius 2 is 2.33 bits per heavy atom. The van der Waals surface area contributed by atoms with Gasteiger partial charge in [-0.3, -0.25) is 0 Å². The molecule has 0 saturated heterocycles. The predicted molar refractivity (Wildman–Crippen MR) is 51.2 cm³/mol. The zero-order valence-corrected chi connectivity index (χ0v) is 8.08. The molecule has 0 bridgehead atoms. The van der Waals surface area contributed by atoms with Gasteiger partial charge in [-0.2, -0.15) is 0 Å². The number of carbonyl (C=O) groups excluding carboxylic acids is 1. The summed E-state index contributed by atoms with van der Waals surface area (Å²) < 4.78 is 17.7. The predicted octanol–water partition coefficient (Wildman–Crippen LogP) is 0.843. The molecule has 0 saturated carbocycles. The first-order valence-corrected chi connectivity index (χ1v) is 4.17. The van der Waals surface area contributed by atoms with Gasteiger partial charge < -0.3 is 9.84 Å². The number of hydrogen-bond acceptors (Lipinski definition) is 3. The minimum Gasteiger partial charge on any atom is -0.459 e. The lowest BCUT2D eigenvalue weighted by Gasteiger charge is -1.99. The number of methoxy groups -OCH3 is 1. The van der Waals surface area contributed by atoms with Gasteiger partial charge in [0.25, 0.3) is 0 Å². The van der Waals surface area contributed by atoms with E-state index in [-0.39, 0.29) is 11.1 Å². The van der Waals surface area contributed by atoms with Gasteiger partial charge in [-0.05, 0) is 6.07 Å². The molecule has 1 aromatic carbocycles. The van der Waals surface area contributed by atoms with Crippen LogP contribution in [0.3, 0.4) is 0 Å². The number of hydrogen-bond donors (Lipinski definition) is 1. The molecule has 0 aromatic heterocycles.